The number of nitrogens with one attached hydrogen (secondary N) is 1. The maximum Gasteiger partial charge on any atom is 0.333 e. The summed E-state index contributed by atoms with van der Waals surface area (Å²) in [5, 5.41) is 21.1. The molecule has 2 heterocycles. The van der Waals surface area contributed by atoms with Gasteiger partial charge in [-0.3, -0.25) is 4.18 Å². The van der Waals surface area contributed by atoms with Gasteiger partial charge in [-0.15, -0.1) is 11.3 Å². The van der Waals surface area contributed by atoms with Gasteiger partial charge in [0.2, 0.25) is 0 Å². The van der Waals surface area contributed by atoms with E-state index in [0.29, 0.717) is 12.8 Å². The standard InChI is InChI=1S/C22H26N4O4S2/c23-32(28,29)30-10-15-8-14(9-19(15)27)17-11-31-21-20(17)24-12-25-22(21)26-18-7-3-5-13-4-1-2-6-16(13)18/h1-2,4,6,11-12,14-15,18-19,27H,3,5,7-10H2,(H2,23,28,29)(H,24,25,26). The van der Waals surface area contributed by atoms with Crippen LogP contribution >= 0.6 is 11.3 Å². The second-order valence-corrected chi connectivity index (χ2v) is 10.8. The molecule has 4 atom stereocenters. The fraction of sp³-hybridized carbons (Fsp3) is 0.455. The van der Waals surface area contributed by atoms with E-state index in [1.165, 1.54) is 11.1 Å². The Morgan fingerprint density at radius 3 is 2.91 bits per heavy atom. The molecule has 0 radical (unpaired) electrons. The highest BCUT2D eigenvalue weighted by Gasteiger charge is 2.36. The average molecular weight is 475 g/mol. The number of fused-ring (bicyclic) bond motifs is 2. The molecule has 0 aliphatic heterocycles. The van der Waals surface area contributed by atoms with Gasteiger partial charge in [0.1, 0.15) is 12.1 Å². The van der Waals surface area contributed by atoms with Crippen molar-refractivity contribution >= 4 is 37.7 Å². The van der Waals surface area contributed by atoms with Crippen LogP contribution in [0.1, 0.15) is 54.3 Å². The Bertz CT molecular complexity index is 1230. The van der Waals surface area contributed by atoms with Gasteiger partial charge in [0.15, 0.2) is 0 Å². The summed E-state index contributed by atoms with van der Waals surface area (Å²) in [6, 6.07) is 8.78. The van der Waals surface area contributed by atoms with Crippen LogP contribution in [-0.2, 0) is 20.9 Å². The van der Waals surface area contributed by atoms with Crippen LogP contribution in [0, 0.1) is 5.92 Å². The van der Waals surface area contributed by atoms with E-state index in [-0.39, 0.29) is 24.5 Å². The van der Waals surface area contributed by atoms with E-state index in [1.807, 2.05) is 0 Å². The smallest absolute Gasteiger partial charge is 0.333 e. The molecule has 0 amide bonds. The first-order valence-corrected chi connectivity index (χ1v) is 13.2. The molecule has 0 spiro atoms. The summed E-state index contributed by atoms with van der Waals surface area (Å²) < 4.78 is 27.9. The van der Waals surface area contributed by atoms with E-state index in [0.717, 1.165) is 40.9 Å². The first-order chi connectivity index (χ1) is 15.4. The lowest BCUT2D eigenvalue weighted by Crippen LogP contribution is -2.24. The Labute approximate surface area is 191 Å². The summed E-state index contributed by atoms with van der Waals surface area (Å²) in [5.74, 6) is 0.623. The zero-order valence-electron chi connectivity index (χ0n) is 17.5. The number of aromatic nitrogens is 2. The van der Waals surface area contributed by atoms with Gasteiger partial charge < -0.3 is 10.4 Å². The van der Waals surface area contributed by atoms with Gasteiger partial charge in [0, 0.05) is 5.92 Å². The maximum absolute atomic E-state index is 11.1. The molecule has 10 heteroatoms. The highest BCUT2D eigenvalue weighted by Crippen LogP contribution is 2.44. The van der Waals surface area contributed by atoms with Crippen molar-refractivity contribution in [1.29, 1.82) is 0 Å². The number of nitrogens with zero attached hydrogens (tertiary/aromatic N) is 2. The Kier molecular flexibility index (Phi) is 5.89. The lowest BCUT2D eigenvalue weighted by Gasteiger charge is -2.26. The summed E-state index contributed by atoms with van der Waals surface area (Å²) in [5.41, 5.74) is 4.68. The lowest BCUT2D eigenvalue weighted by molar-refractivity contribution is 0.101. The van der Waals surface area contributed by atoms with E-state index in [1.54, 1.807) is 17.7 Å². The van der Waals surface area contributed by atoms with Crippen molar-refractivity contribution in [3.05, 3.63) is 52.7 Å². The highest BCUT2D eigenvalue weighted by atomic mass is 32.2. The molecule has 4 N–H and O–H groups in total. The van der Waals surface area contributed by atoms with Crippen LogP contribution in [0.25, 0.3) is 10.2 Å². The third-order valence-corrected chi connectivity index (χ3v) is 8.06. The van der Waals surface area contributed by atoms with Crippen molar-refractivity contribution in [1.82, 2.24) is 9.97 Å². The number of thiophene rings is 1. The molecule has 4 unspecified atom stereocenters. The molecule has 3 aromatic rings. The number of aliphatic hydroxyl groups excluding tert-OH is 1. The molecule has 1 fully saturated rings. The highest BCUT2D eigenvalue weighted by molar-refractivity contribution is 7.84. The fourth-order valence-electron chi connectivity index (χ4n) is 5.05. The molecule has 2 aliphatic rings. The molecule has 2 aromatic heterocycles. The summed E-state index contributed by atoms with van der Waals surface area (Å²) in [4.78, 5) is 9.09. The molecule has 32 heavy (non-hydrogen) atoms. The summed E-state index contributed by atoms with van der Waals surface area (Å²) >= 11 is 1.60. The molecule has 8 nitrogen and oxygen atoms in total. The number of rotatable bonds is 6. The van der Waals surface area contributed by atoms with E-state index < -0.39 is 16.4 Å². The Morgan fingerprint density at radius 1 is 1.22 bits per heavy atom. The lowest BCUT2D eigenvalue weighted by atomic mass is 9.88. The summed E-state index contributed by atoms with van der Waals surface area (Å²) in [6.45, 7) is -0.110. The molecule has 0 bridgehead atoms. The Balaban J connectivity index is 1.37. The van der Waals surface area contributed by atoms with Gasteiger partial charge in [0.05, 0.1) is 29.0 Å². The Morgan fingerprint density at radius 2 is 2.06 bits per heavy atom. The maximum atomic E-state index is 11.1. The normalized spacial score (nSPS) is 25.7. The van der Waals surface area contributed by atoms with Crippen LogP contribution in [-0.4, -0.2) is 36.2 Å². The second kappa shape index (κ2) is 8.68. The number of hydrogen-bond acceptors (Lipinski definition) is 8. The molecule has 5 rings (SSSR count). The van der Waals surface area contributed by atoms with E-state index in [4.69, 9.17) is 9.32 Å². The number of aryl methyl sites for hydroxylation is 1. The molecule has 1 saturated carbocycles. The number of nitrogens with two attached hydrogens (primary N) is 1. The van der Waals surface area contributed by atoms with Crippen LogP contribution in [0.3, 0.4) is 0 Å². The van der Waals surface area contributed by atoms with E-state index in [2.05, 4.69) is 44.9 Å². The summed E-state index contributed by atoms with van der Waals surface area (Å²) in [6.07, 6.45) is 5.40. The number of aliphatic hydroxyl groups is 1. The van der Waals surface area contributed by atoms with Crippen LogP contribution in [0.2, 0.25) is 0 Å². The van der Waals surface area contributed by atoms with Crippen LogP contribution in [0.5, 0.6) is 0 Å². The van der Waals surface area contributed by atoms with E-state index in [9.17, 15) is 13.5 Å². The van der Waals surface area contributed by atoms with Crippen LogP contribution < -0.4 is 10.5 Å². The largest absolute Gasteiger partial charge is 0.393 e. The summed E-state index contributed by atoms with van der Waals surface area (Å²) in [7, 11) is -4.02. The van der Waals surface area contributed by atoms with Gasteiger partial charge >= 0.3 is 10.3 Å². The topological polar surface area (TPSA) is 127 Å². The first kappa shape index (κ1) is 21.7. The van der Waals surface area contributed by atoms with Crippen molar-refractivity contribution in [2.75, 3.05) is 11.9 Å². The fourth-order valence-corrected chi connectivity index (χ4v) is 6.47. The molecular formula is C22H26N4O4S2. The zero-order valence-corrected chi connectivity index (χ0v) is 19.1. The Hall–Kier alpha value is -2.11. The molecule has 1 aromatic carbocycles. The first-order valence-electron chi connectivity index (χ1n) is 10.8. The van der Waals surface area contributed by atoms with Gasteiger partial charge in [0.25, 0.3) is 0 Å². The number of hydrogen-bond donors (Lipinski definition) is 3. The predicted molar refractivity (Wildman–Crippen MR) is 124 cm³/mol. The van der Waals surface area contributed by atoms with Gasteiger partial charge in [-0.05, 0) is 60.1 Å². The van der Waals surface area contributed by atoms with E-state index >= 15 is 0 Å². The van der Waals surface area contributed by atoms with Crippen molar-refractivity contribution in [2.45, 2.75) is 50.2 Å². The average Bonchev–Trinajstić information content (AvgIpc) is 3.36. The minimum atomic E-state index is -4.02. The van der Waals surface area contributed by atoms with Gasteiger partial charge in [-0.25, -0.2) is 15.1 Å². The minimum Gasteiger partial charge on any atom is -0.393 e. The zero-order chi connectivity index (χ0) is 22.3. The molecule has 0 saturated heterocycles. The predicted octanol–water partition coefficient (Wildman–Crippen LogP) is 3.26. The molecular weight excluding hydrogens is 448 g/mol. The van der Waals surface area contributed by atoms with Crippen molar-refractivity contribution in [2.24, 2.45) is 11.1 Å². The monoisotopic (exact) mass is 474 g/mol. The van der Waals surface area contributed by atoms with Crippen molar-refractivity contribution in [3.8, 4) is 0 Å². The third kappa shape index (κ3) is 4.38. The molecule has 2 aliphatic carbocycles. The van der Waals surface area contributed by atoms with Crippen LogP contribution in [0.4, 0.5) is 5.82 Å². The molecule has 170 valence electrons. The minimum absolute atomic E-state index is 0.0750. The quantitative estimate of drug-likeness (QED) is 0.500. The second-order valence-electron chi connectivity index (χ2n) is 8.65. The van der Waals surface area contributed by atoms with Gasteiger partial charge in [-0.2, -0.15) is 8.42 Å². The third-order valence-electron chi connectivity index (χ3n) is 6.61. The van der Waals surface area contributed by atoms with Gasteiger partial charge in [-0.1, -0.05) is 24.3 Å². The number of anilines is 1. The number of benzene rings is 1. The van der Waals surface area contributed by atoms with Crippen molar-refractivity contribution in [3.63, 3.8) is 0 Å². The SMILES string of the molecule is NS(=O)(=O)OCC1CC(c2csc3c(NC4CCCc5ccccc54)ncnc23)CC1O. The van der Waals surface area contributed by atoms with Crippen molar-refractivity contribution < 1.29 is 17.7 Å². The van der Waals surface area contributed by atoms with Crippen LogP contribution in [0.15, 0.2) is 36.0 Å².